The Kier molecular flexibility index (Phi) is 12.4. The van der Waals surface area contributed by atoms with Crippen LogP contribution in [0.1, 0.15) is 90.9 Å². The van der Waals surface area contributed by atoms with Crippen molar-refractivity contribution in [3.05, 3.63) is 33.4 Å². The van der Waals surface area contributed by atoms with Crippen molar-refractivity contribution in [1.82, 2.24) is 8.75 Å². The van der Waals surface area contributed by atoms with E-state index in [0.29, 0.717) is 13.2 Å². The molecular weight excluding hydrogens is 596 g/mol. The zero-order valence-electron chi connectivity index (χ0n) is 22.6. The number of benzene rings is 1. The summed E-state index contributed by atoms with van der Waals surface area (Å²) in [6.07, 6.45) is 14.7. The lowest BCUT2D eigenvalue weighted by Gasteiger charge is -2.20. The number of unbranched alkanes of at least 4 members (excludes halogenated alkanes) is 10. The largest absolute Gasteiger partial charge is 0.489 e. The predicted molar refractivity (Wildman–Crippen MR) is 169 cm³/mol. The molecule has 38 heavy (non-hydrogen) atoms. The van der Waals surface area contributed by atoms with E-state index in [4.69, 9.17) is 18.2 Å². The standard InChI is InChI=1S/C30H39BrN2O2S3/c1-3-5-7-9-11-13-19-34-29-25(22-16-15-21-36-22)27-28(33-38-32-27)26(23-17-18-24(31)37-23)30(29)35-20-14-12-10-8-6-4-2/h15-18,21H,3-14,19-20H2,1-2H3. The summed E-state index contributed by atoms with van der Waals surface area (Å²) < 4.78 is 24.0. The fourth-order valence-electron chi connectivity index (χ4n) is 4.67. The van der Waals surface area contributed by atoms with Crippen LogP contribution >= 0.6 is 50.3 Å². The van der Waals surface area contributed by atoms with Gasteiger partial charge in [-0.1, -0.05) is 84.1 Å². The van der Waals surface area contributed by atoms with Gasteiger partial charge >= 0.3 is 0 Å². The maximum atomic E-state index is 6.67. The van der Waals surface area contributed by atoms with E-state index >= 15 is 0 Å². The van der Waals surface area contributed by atoms with Crippen LogP contribution in [0.2, 0.25) is 0 Å². The summed E-state index contributed by atoms with van der Waals surface area (Å²) in [5, 5.41) is 2.11. The highest BCUT2D eigenvalue weighted by Gasteiger charge is 2.28. The number of aromatic nitrogens is 2. The summed E-state index contributed by atoms with van der Waals surface area (Å²) in [7, 11) is 0. The van der Waals surface area contributed by atoms with Crippen molar-refractivity contribution < 1.29 is 9.47 Å². The third-order valence-electron chi connectivity index (χ3n) is 6.70. The van der Waals surface area contributed by atoms with Crippen LogP contribution in [0.15, 0.2) is 33.4 Å². The molecular formula is C30H39BrN2O2S3. The number of hydrogen-bond acceptors (Lipinski definition) is 7. The van der Waals surface area contributed by atoms with E-state index in [-0.39, 0.29) is 0 Å². The van der Waals surface area contributed by atoms with Gasteiger partial charge in [-0.15, -0.1) is 22.7 Å². The minimum absolute atomic E-state index is 0.673. The average Bonchev–Trinajstić information content (AvgIpc) is 3.70. The molecule has 1 aromatic carbocycles. The molecule has 8 heteroatoms. The summed E-state index contributed by atoms with van der Waals surface area (Å²) in [6.45, 7) is 5.87. The molecule has 4 aromatic rings. The van der Waals surface area contributed by atoms with Gasteiger partial charge in [0.05, 0.1) is 39.9 Å². The van der Waals surface area contributed by atoms with Crippen LogP contribution in [0.3, 0.4) is 0 Å². The first-order valence-electron chi connectivity index (χ1n) is 14.1. The van der Waals surface area contributed by atoms with E-state index in [2.05, 4.69) is 59.4 Å². The fourth-order valence-corrected chi connectivity index (χ4v) is 7.43. The van der Waals surface area contributed by atoms with Crippen LogP contribution in [-0.4, -0.2) is 22.0 Å². The van der Waals surface area contributed by atoms with Gasteiger partial charge in [-0.2, -0.15) is 8.75 Å². The molecule has 0 spiro atoms. The average molecular weight is 636 g/mol. The van der Waals surface area contributed by atoms with Crippen LogP contribution in [0.4, 0.5) is 0 Å². The first-order chi connectivity index (χ1) is 18.7. The number of fused-ring (bicyclic) bond motifs is 1. The second kappa shape index (κ2) is 15.9. The number of hydrogen-bond donors (Lipinski definition) is 0. The number of halogens is 1. The molecule has 0 atom stereocenters. The van der Waals surface area contributed by atoms with E-state index in [9.17, 15) is 0 Å². The van der Waals surface area contributed by atoms with Crippen molar-refractivity contribution in [2.75, 3.05) is 13.2 Å². The third-order valence-corrected chi connectivity index (χ3v) is 9.76. The minimum atomic E-state index is 0.673. The van der Waals surface area contributed by atoms with Gasteiger partial charge in [0, 0.05) is 9.75 Å². The summed E-state index contributed by atoms with van der Waals surface area (Å²) in [5.74, 6) is 1.65. The monoisotopic (exact) mass is 634 g/mol. The highest BCUT2D eigenvalue weighted by molar-refractivity contribution is 9.11. The molecule has 206 valence electrons. The first kappa shape index (κ1) is 29.5. The molecule has 4 rings (SSSR count). The van der Waals surface area contributed by atoms with Crippen molar-refractivity contribution in [3.8, 4) is 32.4 Å². The van der Waals surface area contributed by atoms with Crippen molar-refractivity contribution in [2.24, 2.45) is 0 Å². The Labute approximate surface area is 248 Å². The lowest BCUT2D eigenvalue weighted by molar-refractivity contribution is 0.260. The van der Waals surface area contributed by atoms with Crippen LogP contribution in [0.5, 0.6) is 11.5 Å². The van der Waals surface area contributed by atoms with Crippen LogP contribution in [0, 0.1) is 0 Å². The number of thiophene rings is 2. The molecule has 0 saturated carbocycles. The van der Waals surface area contributed by atoms with E-state index in [1.54, 1.807) is 22.7 Å². The molecule has 0 amide bonds. The first-order valence-corrected chi connectivity index (χ1v) is 17.3. The van der Waals surface area contributed by atoms with Crippen molar-refractivity contribution in [2.45, 2.75) is 90.9 Å². The van der Waals surface area contributed by atoms with Gasteiger partial charge in [0.2, 0.25) is 0 Å². The van der Waals surface area contributed by atoms with Crippen molar-refractivity contribution in [3.63, 3.8) is 0 Å². The highest BCUT2D eigenvalue weighted by Crippen LogP contribution is 2.52. The van der Waals surface area contributed by atoms with E-state index in [1.165, 1.54) is 75.9 Å². The topological polar surface area (TPSA) is 44.2 Å². The van der Waals surface area contributed by atoms with Gasteiger partial charge in [-0.3, -0.25) is 0 Å². The van der Waals surface area contributed by atoms with Gasteiger partial charge < -0.3 is 9.47 Å². The quantitative estimate of drug-likeness (QED) is 0.102. The molecule has 0 fully saturated rings. The highest BCUT2D eigenvalue weighted by atomic mass is 79.9. The normalized spacial score (nSPS) is 11.4. The van der Waals surface area contributed by atoms with Crippen LogP contribution < -0.4 is 9.47 Å². The van der Waals surface area contributed by atoms with Gasteiger partial charge in [0.1, 0.15) is 11.0 Å². The number of rotatable bonds is 18. The molecule has 0 aliphatic carbocycles. The molecule has 3 aromatic heterocycles. The zero-order chi connectivity index (χ0) is 26.6. The Balaban J connectivity index is 1.68. The molecule has 4 nitrogen and oxygen atoms in total. The van der Waals surface area contributed by atoms with Crippen LogP contribution in [0.25, 0.3) is 31.9 Å². The maximum absolute atomic E-state index is 6.67. The smallest absolute Gasteiger partial charge is 0.172 e. The fraction of sp³-hybridized carbons (Fsp3) is 0.533. The zero-order valence-corrected chi connectivity index (χ0v) is 26.6. The molecule has 0 radical (unpaired) electrons. The van der Waals surface area contributed by atoms with E-state index in [0.717, 1.165) is 60.0 Å². The Bertz CT molecular complexity index is 1240. The molecule has 0 unspecified atom stereocenters. The summed E-state index contributed by atoms with van der Waals surface area (Å²) in [4.78, 5) is 2.26. The Morgan fingerprint density at radius 2 is 1.24 bits per heavy atom. The van der Waals surface area contributed by atoms with E-state index < -0.39 is 0 Å². The number of ether oxygens (including phenoxy) is 2. The van der Waals surface area contributed by atoms with Crippen molar-refractivity contribution >= 4 is 61.4 Å². The number of nitrogens with zero attached hydrogens (tertiary/aromatic N) is 2. The lowest BCUT2D eigenvalue weighted by Crippen LogP contribution is -2.06. The van der Waals surface area contributed by atoms with Gasteiger partial charge in [0.15, 0.2) is 11.5 Å². The third kappa shape index (κ3) is 7.80. The van der Waals surface area contributed by atoms with Crippen molar-refractivity contribution in [1.29, 1.82) is 0 Å². The Morgan fingerprint density at radius 1 is 0.684 bits per heavy atom. The molecule has 0 aliphatic heterocycles. The maximum Gasteiger partial charge on any atom is 0.172 e. The molecule has 0 saturated heterocycles. The Hall–Kier alpha value is -1.48. The van der Waals surface area contributed by atoms with Crippen LogP contribution in [-0.2, 0) is 0 Å². The molecule has 0 bridgehead atoms. The molecule has 0 N–H and O–H groups in total. The second-order valence-corrected chi connectivity index (χ2v) is 13.6. The Morgan fingerprint density at radius 3 is 1.74 bits per heavy atom. The van der Waals surface area contributed by atoms with Gasteiger partial charge in [-0.25, -0.2) is 0 Å². The molecule has 3 heterocycles. The second-order valence-electron chi connectivity index (χ2n) is 9.68. The van der Waals surface area contributed by atoms with E-state index in [1.807, 2.05) is 0 Å². The van der Waals surface area contributed by atoms with Gasteiger partial charge in [-0.05, 0) is 52.4 Å². The predicted octanol–water partition coefficient (Wildman–Crippen LogP) is 11.4. The molecule has 0 aliphatic rings. The lowest BCUT2D eigenvalue weighted by atomic mass is 10.0. The summed E-state index contributed by atoms with van der Waals surface area (Å²) >= 11 is 8.33. The SMILES string of the molecule is CCCCCCCCOc1c(OCCCCCCCC)c(-c2ccc(Br)s2)c2nsnc2c1-c1cccs1. The van der Waals surface area contributed by atoms with Gasteiger partial charge in [0.25, 0.3) is 0 Å². The summed E-state index contributed by atoms with van der Waals surface area (Å²) in [6, 6.07) is 8.47. The summed E-state index contributed by atoms with van der Waals surface area (Å²) in [5.41, 5.74) is 3.83. The minimum Gasteiger partial charge on any atom is -0.489 e.